The van der Waals surface area contributed by atoms with E-state index < -0.39 is 0 Å². The first-order valence-electron chi connectivity index (χ1n) is 7.22. The van der Waals surface area contributed by atoms with Crippen molar-refractivity contribution in [1.82, 2.24) is 9.78 Å². The number of aryl methyl sites for hydroxylation is 2. The predicted molar refractivity (Wildman–Crippen MR) is 83.3 cm³/mol. The minimum Gasteiger partial charge on any atom is -0.486 e. The zero-order valence-electron chi connectivity index (χ0n) is 13.2. The number of nitrogens with zero attached hydrogens (tertiary/aromatic N) is 2. The quantitative estimate of drug-likeness (QED) is 0.876. The molecule has 0 unspecified atom stereocenters. The maximum Gasteiger partial charge on any atom is 0.273 e. The molecule has 2 heterocycles. The van der Waals surface area contributed by atoms with Crippen molar-refractivity contribution < 1.29 is 19.1 Å². The fraction of sp³-hybridized carbons (Fsp3) is 0.312. The number of rotatable bonds is 3. The lowest BCUT2D eigenvalue weighted by Gasteiger charge is -2.20. The summed E-state index contributed by atoms with van der Waals surface area (Å²) in [5.41, 5.74) is 1.92. The molecule has 2 aromatic rings. The molecule has 3 rings (SSSR count). The lowest BCUT2D eigenvalue weighted by atomic mass is 10.1. The molecule has 0 radical (unpaired) electrons. The Morgan fingerprint density at radius 1 is 1.17 bits per heavy atom. The monoisotopic (exact) mass is 315 g/mol. The highest BCUT2D eigenvalue weighted by Gasteiger charge is 2.20. The van der Waals surface area contributed by atoms with Gasteiger partial charge in [-0.15, -0.1) is 0 Å². The molecule has 120 valence electrons. The largest absolute Gasteiger partial charge is 0.486 e. The van der Waals surface area contributed by atoms with Gasteiger partial charge in [-0.2, -0.15) is 5.10 Å². The fourth-order valence-electron chi connectivity index (χ4n) is 2.49. The van der Waals surface area contributed by atoms with Crippen LogP contribution in [0.2, 0.25) is 0 Å². The van der Waals surface area contributed by atoms with Crippen molar-refractivity contribution in [1.29, 1.82) is 0 Å². The van der Waals surface area contributed by atoms with Crippen LogP contribution >= 0.6 is 0 Å². The van der Waals surface area contributed by atoms with Gasteiger partial charge in [0.1, 0.15) is 18.9 Å². The standard InChI is InChI=1S/C16H17N3O4/c1-9-6-13(19(3)18-9)16(21)17-12-8-15-14(22-4-5-23-15)7-11(12)10(2)20/h6-8H,4-5H2,1-3H3,(H,17,21). The maximum absolute atomic E-state index is 12.4. The molecule has 0 aliphatic carbocycles. The number of hydrogen-bond acceptors (Lipinski definition) is 5. The van der Waals surface area contributed by atoms with Crippen molar-refractivity contribution in [2.75, 3.05) is 18.5 Å². The number of Topliss-reactive ketones (excluding diaryl/α,β-unsaturated/α-hetero) is 1. The summed E-state index contributed by atoms with van der Waals surface area (Å²) in [6, 6.07) is 4.90. The molecule has 1 aromatic carbocycles. The molecule has 1 amide bonds. The number of aromatic nitrogens is 2. The topological polar surface area (TPSA) is 82.5 Å². The highest BCUT2D eigenvalue weighted by Crippen LogP contribution is 2.36. The van der Waals surface area contributed by atoms with Gasteiger partial charge in [-0.1, -0.05) is 0 Å². The number of ketones is 1. The SMILES string of the molecule is CC(=O)c1cc2c(cc1NC(=O)c1cc(C)nn1C)OCCO2. The second-order valence-corrected chi connectivity index (χ2v) is 5.35. The van der Waals surface area contributed by atoms with Crippen molar-refractivity contribution in [3.05, 3.63) is 35.2 Å². The smallest absolute Gasteiger partial charge is 0.273 e. The average molecular weight is 315 g/mol. The third kappa shape index (κ3) is 2.90. The van der Waals surface area contributed by atoms with Gasteiger partial charge >= 0.3 is 0 Å². The number of amides is 1. The number of hydrogen-bond donors (Lipinski definition) is 1. The summed E-state index contributed by atoms with van der Waals surface area (Å²) < 4.78 is 12.5. The van der Waals surface area contributed by atoms with Gasteiger partial charge in [0, 0.05) is 18.7 Å². The van der Waals surface area contributed by atoms with Gasteiger partial charge in [-0.3, -0.25) is 14.3 Å². The van der Waals surface area contributed by atoms with E-state index in [0.29, 0.717) is 41.7 Å². The molecule has 0 spiro atoms. The maximum atomic E-state index is 12.4. The van der Waals surface area contributed by atoms with Gasteiger partial charge in [0.05, 0.1) is 11.4 Å². The van der Waals surface area contributed by atoms with Crippen LogP contribution in [0.4, 0.5) is 5.69 Å². The number of nitrogens with one attached hydrogen (secondary N) is 1. The van der Waals surface area contributed by atoms with Crippen LogP contribution in [-0.2, 0) is 7.05 Å². The van der Waals surface area contributed by atoms with Crippen LogP contribution < -0.4 is 14.8 Å². The summed E-state index contributed by atoms with van der Waals surface area (Å²) >= 11 is 0. The third-order valence-corrected chi connectivity index (χ3v) is 3.54. The second-order valence-electron chi connectivity index (χ2n) is 5.35. The Morgan fingerprint density at radius 3 is 2.39 bits per heavy atom. The molecule has 1 aromatic heterocycles. The Hall–Kier alpha value is -2.83. The van der Waals surface area contributed by atoms with Crippen LogP contribution in [0.1, 0.15) is 33.5 Å². The molecule has 0 atom stereocenters. The van der Waals surface area contributed by atoms with E-state index in [1.807, 2.05) is 6.92 Å². The first-order valence-corrected chi connectivity index (χ1v) is 7.22. The molecule has 7 heteroatoms. The van der Waals surface area contributed by atoms with Gasteiger partial charge in [0.2, 0.25) is 0 Å². The van der Waals surface area contributed by atoms with Crippen LogP contribution in [0.5, 0.6) is 11.5 Å². The Bertz CT molecular complexity index is 795. The van der Waals surface area contributed by atoms with Gasteiger partial charge in [-0.05, 0) is 26.0 Å². The summed E-state index contributed by atoms with van der Waals surface area (Å²) in [7, 11) is 1.69. The Labute approximate surface area is 133 Å². The van der Waals surface area contributed by atoms with Crippen molar-refractivity contribution >= 4 is 17.4 Å². The molecule has 1 aliphatic rings. The van der Waals surface area contributed by atoms with Crippen LogP contribution in [-0.4, -0.2) is 34.7 Å². The van der Waals surface area contributed by atoms with Gasteiger partial charge < -0.3 is 14.8 Å². The Balaban J connectivity index is 1.96. The van der Waals surface area contributed by atoms with E-state index in [2.05, 4.69) is 10.4 Å². The van der Waals surface area contributed by atoms with E-state index in [-0.39, 0.29) is 11.7 Å². The lowest BCUT2D eigenvalue weighted by molar-refractivity contribution is 0.101. The third-order valence-electron chi connectivity index (χ3n) is 3.54. The minimum absolute atomic E-state index is 0.168. The number of carbonyl (C=O) groups is 2. The van der Waals surface area contributed by atoms with Crippen molar-refractivity contribution in [2.24, 2.45) is 7.05 Å². The summed E-state index contributed by atoms with van der Waals surface area (Å²) in [5.74, 6) is 0.513. The van der Waals surface area contributed by atoms with Crippen LogP contribution in [0.15, 0.2) is 18.2 Å². The first-order chi connectivity index (χ1) is 11.0. The molecule has 23 heavy (non-hydrogen) atoms. The molecular weight excluding hydrogens is 298 g/mol. The average Bonchev–Trinajstić information content (AvgIpc) is 2.85. The van der Waals surface area contributed by atoms with E-state index in [0.717, 1.165) is 5.69 Å². The van der Waals surface area contributed by atoms with E-state index in [4.69, 9.17) is 9.47 Å². The molecule has 1 N–H and O–H groups in total. The Kier molecular flexibility index (Phi) is 3.77. The van der Waals surface area contributed by atoms with E-state index in [1.54, 1.807) is 25.2 Å². The van der Waals surface area contributed by atoms with Crippen molar-refractivity contribution in [3.63, 3.8) is 0 Å². The highest BCUT2D eigenvalue weighted by atomic mass is 16.6. The molecule has 1 aliphatic heterocycles. The van der Waals surface area contributed by atoms with E-state index in [9.17, 15) is 9.59 Å². The van der Waals surface area contributed by atoms with Crippen LogP contribution in [0.3, 0.4) is 0 Å². The van der Waals surface area contributed by atoms with Crippen LogP contribution in [0.25, 0.3) is 0 Å². The Morgan fingerprint density at radius 2 is 1.83 bits per heavy atom. The number of fused-ring (bicyclic) bond motifs is 1. The fourth-order valence-corrected chi connectivity index (χ4v) is 2.49. The van der Waals surface area contributed by atoms with E-state index >= 15 is 0 Å². The highest BCUT2D eigenvalue weighted by molar-refractivity contribution is 6.08. The van der Waals surface area contributed by atoms with Gasteiger partial charge in [-0.25, -0.2) is 0 Å². The first kappa shape index (κ1) is 15.1. The van der Waals surface area contributed by atoms with E-state index in [1.165, 1.54) is 11.6 Å². The van der Waals surface area contributed by atoms with Crippen molar-refractivity contribution in [2.45, 2.75) is 13.8 Å². The second kappa shape index (κ2) is 5.75. The molecular formula is C16H17N3O4. The van der Waals surface area contributed by atoms with Crippen molar-refractivity contribution in [3.8, 4) is 11.5 Å². The predicted octanol–water partition coefficient (Wildman–Crippen LogP) is 1.95. The number of anilines is 1. The molecule has 0 fully saturated rings. The summed E-state index contributed by atoms with van der Waals surface area (Å²) in [5, 5.41) is 6.90. The molecule has 0 bridgehead atoms. The zero-order chi connectivity index (χ0) is 16.6. The molecule has 0 saturated carbocycles. The van der Waals surface area contributed by atoms with Gasteiger partial charge in [0.25, 0.3) is 5.91 Å². The normalized spacial score (nSPS) is 12.8. The van der Waals surface area contributed by atoms with Crippen LogP contribution in [0, 0.1) is 6.92 Å². The summed E-state index contributed by atoms with van der Waals surface area (Å²) in [6.45, 7) is 4.11. The summed E-state index contributed by atoms with van der Waals surface area (Å²) in [4.78, 5) is 24.3. The number of ether oxygens (including phenoxy) is 2. The van der Waals surface area contributed by atoms with Gasteiger partial charge in [0.15, 0.2) is 17.3 Å². The minimum atomic E-state index is -0.340. The number of benzene rings is 1. The zero-order valence-corrected chi connectivity index (χ0v) is 13.2. The molecule has 7 nitrogen and oxygen atoms in total. The lowest BCUT2D eigenvalue weighted by Crippen LogP contribution is -2.20. The number of carbonyl (C=O) groups excluding carboxylic acids is 2. The molecule has 0 saturated heterocycles. The summed E-state index contributed by atoms with van der Waals surface area (Å²) in [6.07, 6.45) is 0.